The van der Waals surface area contributed by atoms with Crippen molar-refractivity contribution in [2.75, 3.05) is 13.2 Å². The van der Waals surface area contributed by atoms with Crippen molar-refractivity contribution in [3.05, 3.63) is 30.7 Å². The first kappa shape index (κ1) is 61.8. The fourth-order valence-electron chi connectivity index (χ4n) is 10.0. The second-order valence-corrected chi connectivity index (χ2v) is 21.2. The largest absolute Gasteiger partial charge is 0.493 e. The molecule has 1 aromatic carbocycles. The van der Waals surface area contributed by atoms with Crippen LogP contribution in [0.5, 0.6) is 11.5 Å². The first-order valence-corrected chi connectivity index (χ1v) is 30.5. The predicted molar refractivity (Wildman–Crippen MR) is 293 cm³/mol. The van der Waals surface area contributed by atoms with Crippen LogP contribution in [0.15, 0.2) is 18.2 Å². The average Bonchev–Trinajstić information content (AvgIpc) is 3.31. The standard InChI is InChI=1S/C63H119O2/c1-4-6-8-10-12-14-16-18-20-22-24-26-28-30-32-34-36-38-40-42-44-46-48-50-52-54-56-64-62-58-61(3)59-63(60-62)65-57-55-53-51-49-47-45-43-41-39-37-35-33-31-29-27-25-23-21-19-17-15-13-11-9-7-5-2/h58-60H,3-57H2,1-2H3. The van der Waals surface area contributed by atoms with Gasteiger partial charge in [-0.25, -0.2) is 0 Å². The van der Waals surface area contributed by atoms with Gasteiger partial charge in [-0.05, 0) is 37.5 Å². The molecule has 0 aliphatic rings. The number of hydrogen-bond acceptors (Lipinski definition) is 2. The summed E-state index contributed by atoms with van der Waals surface area (Å²) >= 11 is 0. The van der Waals surface area contributed by atoms with Crippen LogP contribution in [-0.2, 0) is 0 Å². The molecule has 1 rings (SSSR count). The van der Waals surface area contributed by atoms with E-state index < -0.39 is 0 Å². The minimum absolute atomic E-state index is 0.793. The molecule has 0 amide bonds. The molecule has 2 heteroatoms. The predicted octanol–water partition coefficient (Wildman–Crippen LogP) is 23.0. The van der Waals surface area contributed by atoms with Crippen LogP contribution < -0.4 is 9.47 Å². The minimum Gasteiger partial charge on any atom is -0.493 e. The van der Waals surface area contributed by atoms with E-state index >= 15 is 0 Å². The fraction of sp³-hybridized carbons (Fsp3) is 0.889. The summed E-state index contributed by atoms with van der Waals surface area (Å²) in [6, 6.07) is 6.17. The Bertz CT molecular complexity index is 942. The van der Waals surface area contributed by atoms with E-state index in [9.17, 15) is 0 Å². The van der Waals surface area contributed by atoms with E-state index in [1.165, 1.54) is 321 Å². The maximum Gasteiger partial charge on any atom is 0.123 e. The van der Waals surface area contributed by atoms with Crippen LogP contribution in [0.4, 0.5) is 0 Å². The summed E-state index contributed by atoms with van der Waals surface area (Å²) in [6.07, 6.45) is 74.4. The molecular formula is C63H119O2. The number of benzene rings is 1. The Morgan fingerprint density at radius 1 is 0.231 bits per heavy atom. The molecule has 0 N–H and O–H groups in total. The van der Waals surface area contributed by atoms with Crippen molar-refractivity contribution < 1.29 is 9.47 Å². The van der Waals surface area contributed by atoms with Crippen LogP contribution >= 0.6 is 0 Å². The molecule has 0 fully saturated rings. The Hall–Kier alpha value is -1.18. The first-order chi connectivity index (χ1) is 32.3. The molecule has 0 saturated heterocycles. The van der Waals surface area contributed by atoms with Crippen LogP contribution in [0.25, 0.3) is 0 Å². The third-order valence-corrected chi connectivity index (χ3v) is 14.5. The Labute approximate surface area is 410 Å². The van der Waals surface area contributed by atoms with Crippen LogP contribution in [-0.4, -0.2) is 13.2 Å². The van der Waals surface area contributed by atoms with Crippen molar-refractivity contribution in [3.63, 3.8) is 0 Å². The molecule has 0 aromatic heterocycles. The SMILES string of the molecule is [CH2]c1cc(OCCCCCCCCCCCCCCCCCCCCCCCCCCCC)cc(OCCCCCCCCCCCCCCCCCCCCCCCCCCCC)c1. The lowest BCUT2D eigenvalue weighted by Gasteiger charge is -2.11. The molecule has 2 nitrogen and oxygen atoms in total. The van der Waals surface area contributed by atoms with E-state index in [4.69, 9.17) is 9.47 Å². The van der Waals surface area contributed by atoms with E-state index in [-0.39, 0.29) is 0 Å². The first-order valence-electron chi connectivity index (χ1n) is 30.5. The number of unbranched alkanes of at least 4 members (excludes halogenated alkanes) is 50. The molecule has 0 aliphatic carbocycles. The van der Waals surface area contributed by atoms with Gasteiger partial charge in [-0.2, -0.15) is 0 Å². The monoisotopic (exact) mass is 908 g/mol. The average molecular weight is 909 g/mol. The van der Waals surface area contributed by atoms with Gasteiger partial charge in [0.25, 0.3) is 0 Å². The Morgan fingerprint density at radius 2 is 0.385 bits per heavy atom. The van der Waals surface area contributed by atoms with E-state index in [1.807, 2.05) is 0 Å². The Morgan fingerprint density at radius 3 is 0.554 bits per heavy atom. The van der Waals surface area contributed by atoms with Crippen molar-refractivity contribution >= 4 is 0 Å². The highest BCUT2D eigenvalue weighted by molar-refractivity contribution is 5.39. The highest BCUT2D eigenvalue weighted by atomic mass is 16.5. The van der Waals surface area contributed by atoms with Gasteiger partial charge < -0.3 is 9.47 Å². The van der Waals surface area contributed by atoms with Crippen LogP contribution in [0, 0.1) is 6.92 Å². The maximum absolute atomic E-state index is 6.12. The van der Waals surface area contributed by atoms with Gasteiger partial charge in [-0.1, -0.05) is 335 Å². The highest BCUT2D eigenvalue weighted by Gasteiger charge is 2.03. The summed E-state index contributed by atoms with van der Waals surface area (Å²) in [5.74, 6) is 1.83. The summed E-state index contributed by atoms with van der Waals surface area (Å²) in [6.45, 7) is 10.4. The molecule has 0 aliphatic heterocycles. The second kappa shape index (κ2) is 53.8. The van der Waals surface area contributed by atoms with Crippen LogP contribution in [0.3, 0.4) is 0 Å². The zero-order valence-electron chi connectivity index (χ0n) is 44.9. The molecule has 383 valence electrons. The second-order valence-electron chi connectivity index (χ2n) is 21.2. The minimum atomic E-state index is 0.793. The summed E-state index contributed by atoms with van der Waals surface area (Å²) < 4.78 is 12.2. The van der Waals surface area contributed by atoms with Gasteiger partial charge >= 0.3 is 0 Å². The molecule has 65 heavy (non-hydrogen) atoms. The topological polar surface area (TPSA) is 18.5 Å². The van der Waals surface area contributed by atoms with Gasteiger partial charge in [-0.15, -0.1) is 0 Å². The molecule has 1 radical (unpaired) electrons. The lowest BCUT2D eigenvalue weighted by molar-refractivity contribution is 0.289. The van der Waals surface area contributed by atoms with Gasteiger partial charge in [0.2, 0.25) is 0 Å². The molecule has 0 heterocycles. The van der Waals surface area contributed by atoms with Gasteiger partial charge in [0.1, 0.15) is 11.5 Å². The lowest BCUT2D eigenvalue weighted by Crippen LogP contribution is -2.00. The summed E-state index contributed by atoms with van der Waals surface area (Å²) in [5.41, 5.74) is 0.979. The van der Waals surface area contributed by atoms with E-state index in [0.717, 1.165) is 43.1 Å². The van der Waals surface area contributed by atoms with Gasteiger partial charge in [0.05, 0.1) is 13.2 Å². The van der Waals surface area contributed by atoms with Crippen molar-refractivity contribution in [2.24, 2.45) is 0 Å². The van der Waals surface area contributed by atoms with E-state index in [2.05, 4.69) is 39.0 Å². The smallest absolute Gasteiger partial charge is 0.123 e. The van der Waals surface area contributed by atoms with E-state index in [1.54, 1.807) is 0 Å². The number of rotatable bonds is 56. The fourth-order valence-corrected chi connectivity index (χ4v) is 10.0. The Kier molecular flexibility index (Phi) is 51.2. The summed E-state index contributed by atoms with van der Waals surface area (Å²) in [7, 11) is 0. The van der Waals surface area contributed by atoms with Crippen LogP contribution in [0.1, 0.15) is 353 Å². The molecule has 0 spiro atoms. The summed E-state index contributed by atoms with van der Waals surface area (Å²) in [5, 5.41) is 0. The highest BCUT2D eigenvalue weighted by Crippen LogP contribution is 2.24. The molecule has 1 aromatic rings. The molecule has 0 atom stereocenters. The normalized spacial score (nSPS) is 11.6. The van der Waals surface area contributed by atoms with Gasteiger partial charge in [0, 0.05) is 6.07 Å². The summed E-state index contributed by atoms with van der Waals surface area (Å²) in [4.78, 5) is 0. The lowest BCUT2D eigenvalue weighted by atomic mass is 10.0. The van der Waals surface area contributed by atoms with Crippen molar-refractivity contribution in [1.29, 1.82) is 0 Å². The molecule has 0 unspecified atom stereocenters. The Balaban J connectivity index is 1.79. The zero-order valence-corrected chi connectivity index (χ0v) is 44.9. The van der Waals surface area contributed by atoms with Crippen molar-refractivity contribution in [1.82, 2.24) is 0 Å². The van der Waals surface area contributed by atoms with Gasteiger partial charge in [0.15, 0.2) is 0 Å². The maximum atomic E-state index is 6.12. The van der Waals surface area contributed by atoms with Crippen molar-refractivity contribution in [3.8, 4) is 11.5 Å². The van der Waals surface area contributed by atoms with Crippen molar-refractivity contribution in [2.45, 2.75) is 348 Å². The molecule has 0 saturated carbocycles. The quantitative estimate of drug-likeness (QED) is 0.0607. The third kappa shape index (κ3) is 49.1. The van der Waals surface area contributed by atoms with Gasteiger partial charge in [-0.3, -0.25) is 0 Å². The number of ether oxygens (including phenoxy) is 2. The van der Waals surface area contributed by atoms with E-state index in [0.29, 0.717) is 0 Å². The third-order valence-electron chi connectivity index (χ3n) is 14.5. The zero-order chi connectivity index (χ0) is 46.5. The molecular weight excluding hydrogens is 789 g/mol. The molecule has 0 bridgehead atoms. The number of hydrogen-bond donors (Lipinski definition) is 0. The van der Waals surface area contributed by atoms with Crippen LogP contribution in [0.2, 0.25) is 0 Å².